The number of benzene rings is 2. The lowest BCUT2D eigenvalue weighted by atomic mass is 10.2. The molecule has 0 saturated carbocycles. The molecule has 1 heterocycles. The summed E-state index contributed by atoms with van der Waals surface area (Å²) >= 11 is 3.39. The Kier molecular flexibility index (Phi) is 7.30. The first-order chi connectivity index (χ1) is 14.3. The summed E-state index contributed by atoms with van der Waals surface area (Å²) in [4.78, 5) is 12.4. The largest absolute Gasteiger partial charge is 0.495 e. The molecule has 160 valence electrons. The molecule has 1 aliphatic rings. The number of nitrogens with zero attached hydrogens (tertiary/aromatic N) is 1. The van der Waals surface area contributed by atoms with Crippen LogP contribution in [0.1, 0.15) is 11.1 Å². The summed E-state index contributed by atoms with van der Waals surface area (Å²) in [6, 6.07) is 10.4. The van der Waals surface area contributed by atoms with Gasteiger partial charge in [-0.05, 0) is 54.5 Å². The van der Waals surface area contributed by atoms with E-state index in [0.29, 0.717) is 37.6 Å². The normalized spacial score (nSPS) is 15.3. The molecule has 3 rings (SSSR count). The minimum Gasteiger partial charge on any atom is -0.495 e. The quantitative estimate of drug-likeness (QED) is 0.621. The molecule has 2 aromatic carbocycles. The van der Waals surface area contributed by atoms with Crippen molar-refractivity contribution in [1.29, 1.82) is 0 Å². The van der Waals surface area contributed by atoms with E-state index in [1.807, 2.05) is 25.1 Å². The van der Waals surface area contributed by atoms with Crippen LogP contribution in [0.3, 0.4) is 0 Å². The molecule has 1 saturated heterocycles. The molecule has 9 heteroatoms. The molecule has 0 aliphatic carbocycles. The predicted molar refractivity (Wildman–Crippen MR) is 119 cm³/mol. The summed E-state index contributed by atoms with van der Waals surface area (Å²) in [6.45, 7) is 3.20. The maximum absolute atomic E-state index is 13.0. The second-order valence-electron chi connectivity index (χ2n) is 6.71. The van der Waals surface area contributed by atoms with Gasteiger partial charge in [-0.25, -0.2) is 8.42 Å². The Morgan fingerprint density at radius 3 is 2.60 bits per heavy atom. The van der Waals surface area contributed by atoms with Gasteiger partial charge < -0.3 is 14.8 Å². The van der Waals surface area contributed by atoms with Crippen molar-refractivity contribution in [2.45, 2.75) is 11.8 Å². The standard InChI is InChI=1S/C21H23BrN2O5S/c1-15-13-17(22)5-6-18(15)23-21(25)8-4-16-3-7-19(28-2)20(14-16)30(26,27)24-9-11-29-12-10-24/h3-8,13-14H,9-12H2,1-2H3,(H,23,25)/b8-4+. The fourth-order valence-corrected chi connectivity index (χ4v) is 5.11. The third-order valence-electron chi connectivity index (χ3n) is 4.65. The molecule has 2 aromatic rings. The van der Waals surface area contributed by atoms with Crippen molar-refractivity contribution in [3.05, 3.63) is 58.1 Å². The number of amides is 1. The third-order valence-corrected chi connectivity index (χ3v) is 7.06. The van der Waals surface area contributed by atoms with Gasteiger partial charge in [-0.2, -0.15) is 4.31 Å². The number of sulfonamides is 1. The lowest BCUT2D eigenvalue weighted by Crippen LogP contribution is -2.40. The van der Waals surface area contributed by atoms with Crippen molar-refractivity contribution < 1.29 is 22.7 Å². The molecule has 7 nitrogen and oxygen atoms in total. The molecule has 0 spiro atoms. The maximum Gasteiger partial charge on any atom is 0.248 e. The molecule has 30 heavy (non-hydrogen) atoms. The highest BCUT2D eigenvalue weighted by atomic mass is 79.9. The Balaban J connectivity index is 1.81. The lowest BCUT2D eigenvalue weighted by molar-refractivity contribution is -0.111. The summed E-state index contributed by atoms with van der Waals surface area (Å²) in [6.07, 6.45) is 2.94. The Bertz CT molecular complexity index is 1060. The summed E-state index contributed by atoms with van der Waals surface area (Å²) in [7, 11) is -2.31. The van der Waals surface area contributed by atoms with E-state index < -0.39 is 10.0 Å². The third kappa shape index (κ3) is 5.28. The SMILES string of the molecule is COc1ccc(/C=C/C(=O)Nc2ccc(Br)cc2C)cc1S(=O)(=O)N1CCOCC1. The predicted octanol–water partition coefficient (Wildman–Crippen LogP) is 3.44. The minimum absolute atomic E-state index is 0.0678. The highest BCUT2D eigenvalue weighted by Crippen LogP contribution is 2.29. The molecular weight excluding hydrogens is 472 g/mol. The number of carbonyl (C=O) groups is 1. The van der Waals surface area contributed by atoms with E-state index in [4.69, 9.17) is 9.47 Å². The van der Waals surface area contributed by atoms with Crippen LogP contribution in [0.25, 0.3) is 6.08 Å². The van der Waals surface area contributed by atoms with Crippen molar-refractivity contribution in [2.75, 3.05) is 38.7 Å². The van der Waals surface area contributed by atoms with E-state index in [-0.39, 0.29) is 16.6 Å². The zero-order valence-electron chi connectivity index (χ0n) is 16.7. The van der Waals surface area contributed by atoms with Crippen LogP contribution in [0, 0.1) is 6.92 Å². The number of methoxy groups -OCH3 is 1. The molecule has 1 aliphatic heterocycles. The van der Waals surface area contributed by atoms with Crippen molar-refractivity contribution >= 4 is 43.6 Å². The summed E-state index contributed by atoms with van der Waals surface area (Å²) < 4.78 is 38.9. The number of aryl methyl sites for hydroxylation is 1. The van der Waals surface area contributed by atoms with Crippen LogP contribution in [0.2, 0.25) is 0 Å². The average Bonchev–Trinajstić information content (AvgIpc) is 2.74. The summed E-state index contributed by atoms with van der Waals surface area (Å²) in [5, 5.41) is 2.82. The van der Waals surface area contributed by atoms with E-state index in [2.05, 4.69) is 21.2 Å². The number of hydrogen-bond donors (Lipinski definition) is 1. The Hall–Kier alpha value is -2.20. The number of carbonyl (C=O) groups excluding carboxylic acids is 1. The van der Waals surface area contributed by atoms with Gasteiger partial charge in [0.05, 0.1) is 20.3 Å². The molecule has 1 N–H and O–H groups in total. The molecule has 1 fully saturated rings. The van der Waals surface area contributed by atoms with Gasteiger partial charge in [0.15, 0.2) is 0 Å². The van der Waals surface area contributed by atoms with E-state index in [0.717, 1.165) is 10.0 Å². The van der Waals surface area contributed by atoms with Crippen molar-refractivity contribution in [3.63, 3.8) is 0 Å². The molecule has 0 unspecified atom stereocenters. The number of anilines is 1. The van der Waals surface area contributed by atoms with Crippen molar-refractivity contribution in [2.24, 2.45) is 0 Å². The summed E-state index contributed by atoms with van der Waals surface area (Å²) in [5.74, 6) is -0.0533. The van der Waals surface area contributed by atoms with Gasteiger partial charge >= 0.3 is 0 Å². The second kappa shape index (κ2) is 9.74. The Labute approximate surface area is 184 Å². The van der Waals surface area contributed by atoms with Gasteiger partial charge in [0, 0.05) is 29.3 Å². The fraction of sp³-hybridized carbons (Fsp3) is 0.286. The van der Waals surface area contributed by atoms with Gasteiger partial charge in [0.1, 0.15) is 10.6 Å². The molecule has 0 aromatic heterocycles. The van der Waals surface area contributed by atoms with E-state index in [1.165, 1.54) is 23.6 Å². The first-order valence-corrected chi connectivity index (χ1v) is 11.6. The van der Waals surface area contributed by atoms with Gasteiger partial charge in [-0.1, -0.05) is 22.0 Å². The molecule has 0 atom stereocenters. The molecular formula is C21H23BrN2O5S. The zero-order valence-corrected chi connectivity index (χ0v) is 19.1. The highest BCUT2D eigenvalue weighted by Gasteiger charge is 2.29. The highest BCUT2D eigenvalue weighted by molar-refractivity contribution is 9.10. The van der Waals surface area contributed by atoms with Crippen LogP contribution in [-0.2, 0) is 19.6 Å². The maximum atomic E-state index is 13.0. The Morgan fingerprint density at radius 2 is 1.93 bits per heavy atom. The topological polar surface area (TPSA) is 84.9 Å². The van der Waals surface area contributed by atoms with Crippen LogP contribution in [-0.4, -0.2) is 52.0 Å². The van der Waals surface area contributed by atoms with Gasteiger partial charge in [-0.15, -0.1) is 0 Å². The fourth-order valence-electron chi connectivity index (χ4n) is 3.04. The van der Waals surface area contributed by atoms with Crippen molar-refractivity contribution in [1.82, 2.24) is 4.31 Å². The lowest BCUT2D eigenvalue weighted by Gasteiger charge is -2.26. The van der Waals surface area contributed by atoms with E-state index in [9.17, 15) is 13.2 Å². The van der Waals surface area contributed by atoms with Crippen LogP contribution in [0.15, 0.2) is 51.8 Å². The Morgan fingerprint density at radius 1 is 1.20 bits per heavy atom. The molecule has 0 bridgehead atoms. The first kappa shape index (κ1) is 22.5. The van der Waals surface area contributed by atoms with Crippen LogP contribution < -0.4 is 10.1 Å². The van der Waals surface area contributed by atoms with Crippen LogP contribution >= 0.6 is 15.9 Å². The molecule has 1 amide bonds. The van der Waals surface area contributed by atoms with Gasteiger partial charge in [-0.3, -0.25) is 4.79 Å². The number of hydrogen-bond acceptors (Lipinski definition) is 5. The first-order valence-electron chi connectivity index (χ1n) is 9.32. The van der Waals surface area contributed by atoms with Gasteiger partial charge in [0.2, 0.25) is 15.9 Å². The summed E-state index contributed by atoms with van der Waals surface area (Å²) in [5.41, 5.74) is 2.21. The van der Waals surface area contributed by atoms with Crippen molar-refractivity contribution in [3.8, 4) is 5.75 Å². The second-order valence-corrected chi connectivity index (χ2v) is 9.53. The van der Waals surface area contributed by atoms with Crippen LogP contribution in [0.4, 0.5) is 5.69 Å². The number of rotatable bonds is 6. The van der Waals surface area contributed by atoms with E-state index in [1.54, 1.807) is 18.2 Å². The van der Waals surface area contributed by atoms with E-state index >= 15 is 0 Å². The smallest absolute Gasteiger partial charge is 0.248 e. The zero-order chi connectivity index (χ0) is 21.7. The average molecular weight is 495 g/mol. The van der Waals surface area contributed by atoms with Gasteiger partial charge in [0.25, 0.3) is 0 Å². The molecule has 0 radical (unpaired) electrons. The number of morpholine rings is 1. The number of ether oxygens (including phenoxy) is 2. The number of halogens is 1. The number of nitrogens with one attached hydrogen (secondary N) is 1. The van der Waals surface area contributed by atoms with Crippen LogP contribution in [0.5, 0.6) is 5.75 Å². The monoisotopic (exact) mass is 494 g/mol. The minimum atomic E-state index is -3.73.